The fraction of sp³-hybridized carbons (Fsp3) is 0.500. The Balaban J connectivity index is 2.66. The summed E-state index contributed by atoms with van der Waals surface area (Å²) >= 11 is 0. The second kappa shape index (κ2) is 5.01. The van der Waals surface area contributed by atoms with Crippen LogP contribution in [0.1, 0.15) is 18.1 Å². The Bertz CT molecular complexity index is 276. The van der Waals surface area contributed by atoms with Gasteiger partial charge in [-0.2, -0.15) is 0 Å². The van der Waals surface area contributed by atoms with Crippen molar-refractivity contribution in [3.8, 4) is 0 Å². The summed E-state index contributed by atoms with van der Waals surface area (Å²) in [6.07, 6.45) is 0. The van der Waals surface area contributed by atoms with E-state index in [1.807, 2.05) is 6.92 Å². The average Bonchev–Trinajstić information content (AvgIpc) is 2.16. The highest BCUT2D eigenvalue weighted by Crippen LogP contribution is 2.19. The molecule has 0 aromatic heterocycles. The van der Waals surface area contributed by atoms with Crippen LogP contribution in [0, 0.1) is 19.8 Å². The Labute approximate surface area is 86.0 Å². The van der Waals surface area contributed by atoms with Crippen LogP contribution in [0.5, 0.6) is 0 Å². The van der Waals surface area contributed by atoms with Gasteiger partial charge in [-0.25, -0.2) is 0 Å². The van der Waals surface area contributed by atoms with Gasteiger partial charge >= 0.3 is 0 Å². The lowest BCUT2D eigenvalue weighted by atomic mass is 10.1. The molecule has 0 heterocycles. The topological polar surface area (TPSA) is 32.3 Å². The van der Waals surface area contributed by atoms with Gasteiger partial charge in [0.15, 0.2) is 0 Å². The first-order chi connectivity index (χ1) is 6.65. The molecule has 1 aromatic carbocycles. The van der Waals surface area contributed by atoms with Crippen LogP contribution in [0.4, 0.5) is 5.69 Å². The third-order valence-electron chi connectivity index (χ3n) is 2.42. The van der Waals surface area contributed by atoms with Crippen molar-refractivity contribution in [2.24, 2.45) is 5.92 Å². The highest BCUT2D eigenvalue weighted by Gasteiger charge is 2.03. The Kier molecular flexibility index (Phi) is 3.96. The van der Waals surface area contributed by atoms with Crippen LogP contribution < -0.4 is 5.32 Å². The number of hydrogen-bond acceptors (Lipinski definition) is 2. The third kappa shape index (κ3) is 2.74. The standard InChI is InChI=1S/C12H19NO/c1-9(8-14)7-13-12-10(2)5-4-6-11(12)3/h4-6,9,13-14H,7-8H2,1-3H3. The number of aryl methyl sites for hydroxylation is 2. The molecule has 0 amide bonds. The predicted molar refractivity (Wildman–Crippen MR) is 60.7 cm³/mol. The molecule has 1 atom stereocenters. The van der Waals surface area contributed by atoms with Crippen LogP contribution >= 0.6 is 0 Å². The van der Waals surface area contributed by atoms with Gasteiger partial charge in [0.2, 0.25) is 0 Å². The van der Waals surface area contributed by atoms with Crippen molar-refractivity contribution < 1.29 is 5.11 Å². The van der Waals surface area contributed by atoms with Gasteiger partial charge in [0.05, 0.1) is 0 Å². The molecule has 1 rings (SSSR count). The van der Waals surface area contributed by atoms with E-state index < -0.39 is 0 Å². The Hall–Kier alpha value is -1.02. The van der Waals surface area contributed by atoms with Crippen molar-refractivity contribution in [3.63, 3.8) is 0 Å². The number of para-hydroxylation sites is 1. The molecule has 2 N–H and O–H groups in total. The largest absolute Gasteiger partial charge is 0.396 e. The third-order valence-corrected chi connectivity index (χ3v) is 2.42. The van der Waals surface area contributed by atoms with Gasteiger partial charge in [-0.05, 0) is 30.9 Å². The Morgan fingerprint density at radius 1 is 1.29 bits per heavy atom. The minimum atomic E-state index is 0.234. The molecule has 0 aliphatic rings. The molecule has 1 unspecified atom stereocenters. The van der Waals surface area contributed by atoms with E-state index in [4.69, 9.17) is 5.11 Å². The van der Waals surface area contributed by atoms with Crippen LogP contribution in [0.15, 0.2) is 18.2 Å². The number of anilines is 1. The zero-order valence-electron chi connectivity index (χ0n) is 9.17. The summed E-state index contributed by atoms with van der Waals surface area (Å²) in [6, 6.07) is 6.25. The van der Waals surface area contributed by atoms with E-state index in [2.05, 4.69) is 37.4 Å². The number of aliphatic hydroxyl groups is 1. The molecular weight excluding hydrogens is 174 g/mol. The summed E-state index contributed by atoms with van der Waals surface area (Å²) < 4.78 is 0. The van der Waals surface area contributed by atoms with E-state index in [0.29, 0.717) is 5.92 Å². The SMILES string of the molecule is Cc1cccc(C)c1NCC(C)CO. The summed E-state index contributed by atoms with van der Waals surface area (Å²) in [5.74, 6) is 0.300. The molecular formula is C12H19NO. The first kappa shape index (κ1) is 11.1. The molecule has 2 nitrogen and oxygen atoms in total. The number of aliphatic hydroxyl groups excluding tert-OH is 1. The van der Waals surface area contributed by atoms with Crippen LogP contribution in [0.3, 0.4) is 0 Å². The lowest BCUT2D eigenvalue weighted by Crippen LogP contribution is -2.15. The molecule has 14 heavy (non-hydrogen) atoms. The molecule has 2 heteroatoms. The van der Waals surface area contributed by atoms with Crippen molar-refractivity contribution in [1.82, 2.24) is 0 Å². The maximum atomic E-state index is 8.91. The van der Waals surface area contributed by atoms with Gasteiger partial charge < -0.3 is 10.4 Å². The number of rotatable bonds is 4. The van der Waals surface area contributed by atoms with E-state index in [-0.39, 0.29) is 6.61 Å². The van der Waals surface area contributed by atoms with E-state index >= 15 is 0 Å². The summed E-state index contributed by atoms with van der Waals surface area (Å²) in [7, 11) is 0. The maximum absolute atomic E-state index is 8.91. The van der Waals surface area contributed by atoms with E-state index in [9.17, 15) is 0 Å². The van der Waals surface area contributed by atoms with Crippen molar-refractivity contribution in [1.29, 1.82) is 0 Å². The van der Waals surface area contributed by atoms with Crippen LogP contribution in [-0.4, -0.2) is 18.3 Å². The zero-order chi connectivity index (χ0) is 10.6. The molecule has 0 aliphatic heterocycles. The van der Waals surface area contributed by atoms with Gasteiger partial charge in [-0.1, -0.05) is 25.1 Å². The van der Waals surface area contributed by atoms with E-state index in [0.717, 1.165) is 6.54 Å². The van der Waals surface area contributed by atoms with E-state index in [1.54, 1.807) is 0 Å². The Morgan fingerprint density at radius 2 is 1.86 bits per heavy atom. The lowest BCUT2D eigenvalue weighted by Gasteiger charge is -2.15. The van der Waals surface area contributed by atoms with Crippen LogP contribution in [-0.2, 0) is 0 Å². The molecule has 0 bridgehead atoms. The van der Waals surface area contributed by atoms with Crippen molar-refractivity contribution in [2.75, 3.05) is 18.5 Å². The summed E-state index contributed by atoms with van der Waals surface area (Å²) in [5.41, 5.74) is 3.72. The fourth-order valence-electron chi connectivity index (χ4n) is 1.43. The van der Waals surface area contributed by atoms with Crippen molar-refractivity contribution in [2.45, 2.75) is 20.8 Å². The first-order valence-corrected chi connectivity index (χ1v) is 5.06. The minimum absolute atomic E-state index is 0.234. The first-order valence-electron chi connectivity index (χ1n) is 5.06. The van der Waals surface area contributed by atoms with Gasteiger partial charge in [0.1, 0.15) is 0 Å². The normalized spacial score (nSPS) is 12.6. The van der Waals surface area contributed by atoms with Gasteiger partial charge in [-0.15, -0.1) is 0 Å². The number of nitrogens with one attached hydrogen (secondary N) is 1. The second-order valence-electron chi connectivity index (χ2n) is 3.94. The Morgan fingerprint density at radius 3 is 2.36 bits per heavy atom. The highest BCUT2D eigenvalue weighted by atomic mass is 16.3. The molecule has 0 fully saturated rings. The summed E-state index contributed by atoms with van der Waals surface area (Å²) in [6.45, 7) is 7.28. The van der Waals surface area contributed by atoms with Gasteiger partial charge in [0, 0.05) is 18.8 Å². The van der Waals surface area contributed by atoms with Crippen LogP contribution in [0.25, 0.3) is 0 Å². The quantitative estimate of drug-likeness (QED) is 0.769. The van der Waals surface area contributed by atoms with E-state index in [1.165, 1.54) is 16.8 Å². The van der Waals surface area contributed by atoms with Gasteiger partial charge in [-0.3, -0.25) is 0 Å². The minimum Gasteiger partial charge on any atom is -0.396 e. The maximum Gasteiger partial charge on any atom is 0.0473 e. The highest BCUT2D eigenvalue weighted by molar-refractivity contribution is 5.56. The second-order valence-corrected chi connectivity index (χ2v) is 3.94. The number of benzene rings is 1. The molecule has 1 aromatic rings. The monoisotopic (exact) mass is 193 g/mol. The summed E-state index contributed by atoms with van der Waals surface area (Å²) in [5, 5.41) is 12.3. The molecule has 0 spiro atoms. The smallest absolute Gasteiger partial charge is 0.0473 e. The molecule has 0 saturated carbocycles. The molecule has 78 valence electrons. The van der Waals surface area contributed by atoms with Gasteiger partial charge in [0.25, 0.3) is 0 Å². The van der Waals surface area contributed by atoms with Crippen molar-refractivity contribution >= 4 is 5.69 Å². The molecule has 0 aliphatic carbocycles. The molecule has 0 saturated heterocycles. The van der Waals surface area contributed by atoms with Crippen molar-refractivity contribution in [3.05, 3.63) is 29.3 Å². The lowest BCUT2D eigenvalue weighted by molar-refractivity contribution is 0.244. The van der Waals surface area contributed by atoms with Crippen LogP contribution in [0.2, 0.25) is 0 Å². The molecule has 0 radical (unpaired) electrons. The average molecular weight is 193 g/mol. The predicted octanol–water partition coefficient (Wildman–Crippen LogP) is 2.34. The zero-order valence-corrected chi connectivity index (χ0v) is 9.17. The summed E-state index contributed by atoms with van der Waals surface area (Å²) in [4.78, 5) is 0. The fourth-order valence-corrected chi connectivity index (χ4v) is 1.43. The number of hydrogen-bond donors (Lipinski definition) is 2.